The summed E-state index contributed by atoms with van der Waals surface area (Å²) >= 11 is 1.53. The number of hydrogen-bond acceptors (Lipinski definition) is 6. The van der Waals surface area contributed by atoms with Crippen molar-refractivity contribution < 1.29 is 23.8 Å². The SMILES string of the molecule is COC(=O)CCCSC1Oc2ccccc2OC1CC(=O)Nc1ccccc1. The third-order valence-electron chi connectivity index (χ3n) is 4.15. The molecule has 0 aromatic heterocycles. The van der Waals surface area contributed by atoms with Crippen molar-refractivity contribution in [2.24, 2.45) is 0 Å². The highest BCUT2D eigenvalue weighted by Crippen LogP contribution is 2.38. The van der Waals surface area contributed by atoms with Gasteiger partial charge >= 0.3 is 5.97 Å². The van der Waals surface area contributed by atoms with Crippen LogP contribution < -0.4 is 14.8 Å². The predicted molar refractivity (Wildman–Crippen MR) is 109 cm³/mol. The molecule has 2 atom stereocenters. The molecule has 148 valence electrons. The van der Waals surface area contributed by atoms with Gasteiger partial charge < -0.3 is 19.5 Å². The van der Waals surface area contributed by atoms with Crippen molar-refractivity contribution in [3.05, 3.63) is 54.6 Å². The predicted octanol–water partition coefficient (Wildman–Crippen LogP) is 3.87. The van der Waals surface area contributed by atoms with Gasteiger partial charge in [-0.2, -0.15) is 0 Å². The first kappa shape index (κ1) is 20.1. The van der Waals surface area contributed by atoms with Crippen molar-refractivity contribution >= 4 is 29.3 Å². The van der Waals surface area contributed by atoms with Gasteiger partial charge in [0.2, 0.25) is 5.91 Å². The number of thioether (sulfide) groups is 1. The number of carbonyl (C=O) groups is 2. The number of amides is 1. The van der Waals surface area contributed by atoms with Crippen molar-refractivity contribution in [2.45, 2.75) is 30.8 Å². The largest absolute Gasteiger partial charge is 0.481 e. The van der Waals surface area contributed by atoms with Crippen molar-refractivity contribution in [1.82, 2.24) is 0 Å². The maximum Gasteiger partial charge on any atom is 0.305 e. The number of ether oxygens (including phenoxy) is 3. The summed E-state index contributed by atoms with van der Waals surface area (Å²) in [6.45, 7) is 0. The molecule has 2 unspecified atom stereocenters. The normalized spacial score (nSPS) is 17.6. The van der Waals surface area contributed by atoms with E-state index in [9.17, 15) is 9.59 Å². The summed E-state index contributed by atoms with van der Waals surface area (Å²) in [6, 6.07) is 16.7. The van der Waals surface area contributed by atoms with E-state index in [-0.39, 0.29) is 23.7 Å². The minimum absolute atomic E-state index is 0.139. The fourth-order valence-electron chi connectivity index (χ4n) is 2.78. The molecule has 0 spiro atoms. The molecule has 0 radical (unpaired) electrons. The van der Waals surface area contributed by atoms with Crippen LogP contribution in [0.1, 0.15) is 19.3 Å². The van der Waals surface area contributed by atoms with Gasteiger partial charge in [-0.15, -0.1) is 11.8 Å². The lowest BCUT2D eigenvalue weighted by Crippen LogP contribution is -2.40. The van der Waals surface area contributed by atoms with Gasteiger partial charge in [-0.1, -0.05) is 30.3 Å². The molecule has 2 aromatic carbocycles. The molecule has 0 saturated carbocycles. The van der Waals surface area contributed by atoms with Crippen molar-refractivity contribution in [3.8, 4) is 11.5 Å². The van der Waals surface area contributed by atoms with Gasteiger partial charge in [0, 0.05) is 12.1 Å². The van der Waals surface area contributed by atoms with E-state index < -0.39 is 6.10 Å². The van der Waals surface area contributed by atoms with Gasteiger partial charge in [-0.3, -0.25) is 9.59 Å². The number of nitrogens with one attached hydrogen (secondary N) is 1. The number of fused-ring (bicyclic) bond motifs is 1. The Bertz CT molecular complexity index is 798. The summed E-state index contributed by atoms with van der Waals surface area (Å²) in [7, 11) is 1.38. The Morgan fingerprint density at radius 2 is 1.71 bits per heavy atom. The highest BCUT2D eigenvalue weighted by atomic mass is 32.2. The number of anilines is 1. The molecule has 28 heavy (non-hydrogen) atoms. The molecule has 1 heterocycles. The zero-order chi connectivity index (χ0) is 19.8. The lowest BCUT2D eigenvalue weighted by atomic mass is 10.2. The molecule has 0 bridgehead atoms. The second kappa shape index (κ2) is 10.0. The first-order chi connectivity index (χ1) is 13.7. The van der Waals surface area contributed by atoms with E-state index in [1.807, 2.05) is 54.6 Å². The standard InChI is InChI=1S/C21H23NO5S/c1-25-20(24)12-7-13-28-21-18(26-16-10-5-6-11-17(16)27-21)14-19(23)22-15-8-3-2-4-9-15/h2-6,8-11,18,21H,7,12-14H2,1H3,(H,22,23). The average Bonchev–Trinajstić information content (AvgIpc) is 2.71. The molecule has 6 nitrogen and oxygen atoms in total. The Labute approximate surface area is 168 Å². The number of esters is 1. The van der Waals surface area contributed by atoms with Crippen LogP contribution in [0.3, 0.4) is 0 Å². The van der Waals surface area contributed by atoms with Gasteiger partial charge in [0.1, 0.15) is 0 Å². The molecule has 0 fully saturated rings. The van der Waals surface area contributed by atoms with Crippen LogP contribution in [0, 0.1) is 0 Å². The topological polar surface area (TPSA) is 73.9 Å². The zero-order valence-electron chi connectivity index (χ0n) is 15.6. The monoisotopic (exact) mass is 401 g/mol. The zero-order valence-corrected chi connectivity index (χ0v) is 16.4. The summed E-state index contributed by atoms with van der Waals surface area (Å²) in [6.07, 6.45) is 0.758. The van der Waals surface area contributed by atoms with Crippen molar-refractivity contribution in [2.75, 3.05) is 18.2 Å². The van der Waals surface area contributed by atoms with Crippen molar-refractivity contribution in [1.29, 1.82) is 0 Å². The Kier molecular flexibility index (Phi) is 7.19. The lowest BCUT2D eigenvalue weighted by molar-refractivity contribution is -0.140. The van der Waals surface area contributed by atoms with Crippen LogP contribution in [0.4, 0.5) is 5.69 Å². The highest BCUT2D eigenvalue weighted by Gasteiger charge is 2.33. The third kappa shape index (κ3) is 5.66. The maximum atomic E-state index is 12.5. The number of para-hydroxylation sites is 3. The summed E-state index contributed by atoms with van der Waals surface area (Å²) < 4.78 is 16.8. The molecule has 0 aliphatic carbocycles. The van der Waals surface area contributed by atoms with Crippen LogP contribution in [0.5, 0.6) is 11.5 Å². The van der Waals surface area contributed by atoms with Crippen LogP contribution >= 0.6 is 11.8 Å². The van der Waals surface area contributed by atoms with E-state index in [0.717, 1.165) is 5.69 Å². The highest BCUT2D eigenvalue weighted by molar-refractivity contribution is 7.99. The first-order valence-electron chi connectivity index (χ1n) is 9.11. The second-order valence-electron chi connectivity index (χ2n) is 6.26. The lowest BCUT2D eigenvalue weighted by Gasteiger charge is -2.33. The first-order valence-corrected chi connectivity index (χ1v) is 10.2. The van der Waals surface area contributed by atoms with Gasteiger partial charge in [0.25, 0.3) is 0 Å². The quantitative estimate of drug-likeness (QED) is 0.535. The second-order valence-corrected chi connectivity index (χ2v) is 7.46. The molecule has 0 saturated heterocycles. The summed E-state index contributed by atoms with van der Waals surface area (Å²) in [4.78, 5) is 23.7. The van der Waals surface area contributed by atoms with Crippen molar-refractivity contribution in [3.63, 3.8) is 0 Å². The fourth-order valence-corrected chi connectivity index (χ4v) is 3.86. The molecular formula is C21H23NO5S. The summed E-state index contributed by atoms with van der Waals surface area (Å²) in [5, 5.41) is 2.88. The maximum absolute atomic E-state index is 12.5. The van der Waals surface area contributed by atoms with E-state index in [4.69, 9.17) is 9.47 Å². The molecule has 1 amide bonds. The van der Waals surface area contributed by atoms with Crippen LogP contribution in [-0.4, -0.2) is 36.3 Å². The van der Waals surface area contributed by atoms with Crippen LogP contribution in [-0.2, 0) is 14.3 Å². The Balaban J connectivity index is 1.61. The molecule has 1 aliphatic rings. The Morgan fingerprint density at radius 1 is 1.04 bits per heavy atom. The van der Waals surface area contributed by atoms with Gasteiger partial charge in [-0.25, -0.2) is 0 Å². The minimum Gasteiger partial charge on any atom is -0.481 e. The van der Waals surface area contributed by atoms with E-state index in [1.165, 1.54) is 18.9 Å². The van der Waals surface area contributed by atoms with Crippen LogP contribution in [0.15, 0.2) is 54.6 Å². The average molecular weight is 401 g/mol. The van der Waals surface area contributed by atoms with E-state index in [0.29, 0.717) is 30.1 Å². The summed E-state index contributed by atoms with van der Waals surface area (Å²) in [5.41, 5.74) is 0.404. The Morgan fingerprint density at radius 3 is 2.43 bits per heavy atom. The molecule has 3 rings (SSSR count). The van der Waals surface area contributed by atoms with Gasteiger partial charge in [0.15, 0.2) is 23.0 Å². The number of hydrogen-bond donors (Lipinski definition) is 1. The van der Waals surface area contributed by atoms with Crippen LogP contribution in [0.2, 0.25) is 0 Å². The third-order valence-corrected chi connectivity index (χ3v) is 5.41. The van der Waals surface area contributed by atoms with Gasteiger partial charge in [-0.05, 0) is 36.4 Å². The van der Waals surface area contributed by atoms with Crippen LogP contribution in [0.25, 0.3) is 0 Å². The minimum atomic E-state index is -0.429. The summed E-state index contributed by atoms with van der Waals surface area (Å²) in [5.74, 6) is 1.62. The van der Waals surface area contributed by atoms with E-state index in [2.05, 4.69) is 10.1 Å². The fraction of sp³-hybridized carbons (Fsp3) is 0.333. The Hall–Kier alpha value is -2.67. The molecule has 7 heteroatoms. The number of benzene rings is 2. The number of rotatable bonds is 8. The molecule has 1 N–H and O–H groups in total. The molecular weight excluding hydrogens is 378 g/mol. The van der Waals surface area contributed by atoms with E-state index >= 15 is 0 Å². The van der Waals surface area contributed by atoms with E-state index in [1.54, 1.807) is 0 Å². The smallest absolute Gasteiger partial charge is 0.305 e. The number of carbonyl (C=O) groups excluding carboxylic acids is 2. The van der Waals surface area contributed by atoms with Gasteiger partial charge in [0.05, 0.1) is 13.5 Å². The number of methoxy groups -OCH3 is 1. The molecule has 1 aliphatic heterocycles. The molecule has 2 aromatic rings.